The van der Waals surface area contributed by atoms with Crippen LogP contribution < -0.4 is 10.6 Å². The monoisotopic (exact) mass is 454 g/mol. The number of aromatic nitrogens is 3. The predicted molar refractivity (Wildman–Crippen MR) is 137 cm³/mol. The van der Waals surface area contributed by atoms with Gasteiger partial charge in [0.05, 0.1) is 17.1 Å². The second kappa shape index (κ2) is 8.61. The van der Waals surface area contributed by atoms with Gasteiger partial charge >= 0.3 is 0 Å². The van der Waals surface area contributed by atoms with Crippen molar-refractivity contribution in [3.8, 4) is 17.5 Å². The summed E-state index contributed by atoms with van der Waals surface area (Å²) in [6.45, 7) is 0. The second-order valence-electron chi connectivity index (χ2n) is 7.97. The van der Waals surface area contributed by atoms with Crippen LogP contribution in [-0.4, -0.2) is 15.0 Å². The smallest absolute Gasteiger partial charge is 0.227 e. The molecule has 7 heteroatoms. The van der Waals surface area contributed by atoms with Crippen LogP contribution in [-0.2, 0) is 0 Å². The standard InChI is InChI=1S/C28H18N6O/c29-17-18-4-6-24-23(14-18)25(10-13-31-24)33-22-5-7-26-27(16-22)35-28(34-26)19-2-1-3-21(15-19)32-20-8-11-30-12-9-20/h1-16H,(H,30,32)(H,31,33). The molecule has 3 aromatic heterocycles. The Bertz CT molecular complexity index is 1720. The summed E-state index contributed by atoms with van der Waals surface area (Å²) in [5, 5.41) is 16.9. The Morgan fingerprint density at radius 1 is 0.743 bits per heavy atom. The van der Waals surface area contributed by atoms with Crippen LogP contribution in [0.15, 0.2) is 102 Å². The first-order valence-electron chi connectivity index (χ1n) is 11.0. The number of pyridine rings is 2. The van der Waals surface area contributed by atoms with E-state index in [1.807, 2.05) is 72.8 Å². The molecular formula is C28H18N6O. The molecule has 3 heterocycles. The molecule has 0 atom stereocenters. The Morgan fingerprint density at radius 2 is 1.60 bits per heavy atom. The van der Waals surface area contributed by atoms with Crippen LogP contribution in [0.4, 0.5) is 22.7 Å². The summed E-state index contributed by atoms with van der Waals surface area (Å²) < 4.78 is 6.12. The van der Waals surface area contributed by atoms with E-state index in [0.717, 1.165) is 44.7 Å². The molecule has 2 N–H and O–H groups in total. The fourth-order valence-corrected chi connectivity index (χ4v) is 3.94. The maximum atomic E-state index is 9.27. The van der Waals surface area contributed by atoms with Crippen molar-refractivity contribution in [3.05, 3.63) is 103 Å². The molecule has 35 heavy (non-hydrogen) atoms. The third-order valence-electron chi connectivity index (χ3n) is 5.62. The summed E-state index contributed by atoms with van der Waals surface area (Å²) in [7, 11) is 0. The van der Waals surface area contributed by atoms with Crippen LogP contribution in [0.3, 0.4) is 0 Å². The molecule has 0 aliphatic heterocycles. The first-order chi connectivity index (χ1) is 17.2. The molecule has 6 aromatic rings. The van der Waals surface area contributed by atoms with Gasteiger partial charge in [0.1, 0.15) is 5.52 Å². The molecule has 0 unspecified atom stereocenters. The SMILES string of the molecule is N#Cc1ccc2nccc(Nc3ccc4nc(-c5cccc(Nc6ccncc6)c5)oc4c3)c2c1. The molecule has 0 fully saturated rings. The number of benzene rings is 3. The third-order valence-corrected chi connectivity index (χ3v) is 5.62. The lowest BCUT2D eigenvalue weighted by molar-refractivity contribution is 0.620. The van der Waals surface area contributed by atoms with Gasteiger partial charge in [-0.25, -0.2) is 4.98 Å². The summed E-state index contributed by atoms with van der Waals surface area (Å²) >= 11 is 0. The van der Waals surface area contributed by atoms with E-state index in [9.17, 15) is 5.26 Å². The summed E-state index contributed by atoms with van der Waals surface area (Å²) in [4.78, 5) is 13.1. The van der Waals surface area contributed by atoms with Gasteiger partial charge in [0, 0.05) is 58.4 Å². The van der Waals surface area contributed by atoms with Crippen molar-refractivity contribution >= 4 is 44.8 Å². The van der Waals surface area contributed by atoms with E-state index in [2.05, 4.69) is 31.7 Å². The topological polar surface area (TPSA) is 99.7 Å². The minimum Gasteiger partial charge on any atom is -0.436 e. The van der Waals surface area contributed by atoms with Crippen molar-refractivity contribution in [2.75, 3.05) is 10.6 Å². The van der Waals surface area contributed by atoms with E-state index in [0.29, 0.717) is 17.0 Å². The van der Waals surface area contributed by atoms with E-state index >= 15 is 0 Å². The lowest BCUT2D eigenvalue weighted by atomic mass is 10.1. The molecular weight excluding hydrogens is 436 g/mol. The lowest BCUT2D eigenvalue weighted by Gasteiger charge is -2.09. The zero-order chi connectivity index (χ0) is 23.6. The molecule has 7 nitrogen and oxygen atoms in total. The number of nitriles is 1. The molecule has 0 spiro atoms. The summed E-state index contributed by atoms with van der Waals surface area (Å²) in [6, 6.07) is 27.1. The van der Waals surface area contributed by atoms with Crippen LogP contribution in [0.25, 0.3) is 33.5 Å². The largest absolute Gasteiger partial charge is 0.436 e. The average molecular weight is 454 g/mol. The average Bonchev–Trinajstić information content (AvgIpc) is 3.33. The van der Waals surface area contributed by atoms with Crippen molar-refractivity contribution in [2.24, 2.45) is 0 Å². The second-order valence-corrected chi connectivity index (χ2v) is 7.97. The molecule has 0 bridgehead atoms. The van der Waals surface area contributed by atoms with E-state index in [1.54, 1.807) is 24.7 Å². The molecule has 0 radical (unpaired) electrons. The third kappa shape index (κ3) is 4.12. The molecule has 3 aromatic carbocycles. The number of hydrogen-bond donors (Lipinski definition) is 2. The van der Waals surface area contributed by atoms with Crippen molar-refractivity contribution in [2.45, 2.75) is 0 Å². The van der Waals surface area contributed by atoms with Gasteiger partial charge in [-0.05, 0) is 66.7 Å². The van der Waals surface area contributed by atoms with Gasteiger partial charge in [-0.15, -0.1) is 0 Å². The number of nitrogens with one attached hydrogen (secondary N) is 2. The first-order valence-corrected chi connectivity index (χ1v) is 11.0. The maximum Gasteiger partial charge on any atom is 0.227 e. The van der Waals surface area contributed by atoms with Crippen LogP contribution in [0.2, 0.25) is 0 Å². The molecule has 0 saturated carbocycles. The van der Waals surface area contributed by atoms with Crippen molar-refractivity contribution in [1.29, 1.82) is 5.26 Å². The molecule has 0 saturated heterocycles. The Labute approximate surface area is 200 Å². The quantitative estimate of drug-likeness (QED) is 0.295. The number of anilines is 4. The van der Waals surface area contributed by atoms with Gasteiger partial charge in [-0.1, -0.05) is 6.07 Å². The minimum atomic E-state index is 0.545. The predicted octanol–water partition coefficient (Wildman–Crippen LogP) is 6.80. The van der Waals surface area contributed by atoms with Gasteiger partial charge in [-0.3, -0.25) is 9.97 Å². The van der Waals surface area contributed by atoms with Gasteiger partial charge in [0.2, 0.25) is 5.89 Å². The summed E-state index contributed by atoms with van der Waals surface area (Å²) in [5.41, 5.74) is 7.32. The Kier molecular flexibility index (Phi) is 5.02. The van der Waals surface area contributed by atoms with E-state index in [1.165, 1.54) is 0 Å². The highest BCUT2D eigenvalue weighted by Crippen LogP contribution is 2.31. The Morgan fingerprint density at radius 3 is 2.49 bits per heavy atom. The van der Waals surface area contributed by atoms with Crippen LogP contribution >= 0.6 is 0 Å². The highest BCUT2D eigenvalue weighted by atomic mass is 16.3. The molecule has 166 valence electrons. The fourth-order valence-electron chi connectivity index (χ4n) is 3.94. The minimum absolute atomic E-state index is 0.545. The first kappa shape index (κ1) is 20.4. The summed E-state index contributed by atoms with van der Waals surface area (Å²) in [6.07, 6.45) is 5.24. The highest BCUT2D eigenvalue weighted by Gasteiger charge is 2.11. The molecule has 0 amide bonds. The number of fused-ring (bicyclic) bond motifs is 2. The van der Waals surface area contributed by atoms with Gasteiger partial charge in [0.15, 0.2) is 5.58 Å². The fraction of sp³-hybridized carbons (Fsp3) is 0. The lowest BCUT2D eigenvalue weighted by Crippen LogP contribution is -1.93. The number of oxazole rings is 1. The maximum absolute atomic E-state index is 9.27. The van der Waals surface area contributed by atoms with E-state index in [4.69, 9.17) is 4.42 Å². The molecule has 6 rings (SSSR count). The highest BCUT2D eigenvalue weighted by molar-refractivity contribution is 5.94. The number of hydrogen-bond acceptors (Lipinski definition) is 7. The van der Waals surface area contributed by atoms with Crippen LogP contribution in [0.1, 0.15) is 5.56 Å². The van der Waals surface area contributed by atoms with E-state index < -0.39 is 0 Å². The van der Waals surface area contributed by atoms with Gasteiger partial charge in [-0.2, -0.15) is 5.26 Å². The Hall–Kier alpha value is -5.22. The van der Waals surface area contributed by atoms with E-state index in [-0.39, 0.29) is 0 Å². The zero-order valence-electron chi connectivity index (χ0n) is 18.4. The van der Waals surface area contributed by atoms with Gasteiger partial charge in [0.25, 0.3) is 0 Å². The van der Waals surface area contributed by atoms with Gasteiger partial charge < -0.3 is 15.1 Å². The zero-order valence-corrected chi connectivity index (χ0v) is 18.4. The normalized spacial score (nSPS) is 10.8. The van der Waals surface area contributed by atoms with Crippen molar-refractivity contribution in [1.82, 2.24) is 15.0 Å². The van der Waals surface area contributed by atoms with Crippen LogP contribution in [0, 0.1) is 11.3 Å². The summed E-state index contributed by atoms with van der Waals surface area (Å²) in [5.74, 6) is 0.545. The molecule has 0 aliphatic rings. The number of nitrogens with zero attached hydrogens (tertiary/aromatic N) is 4. The van der Waals surface area contributed by atoms with Crippen molar-refractivity contribution in [3.63, 3.8) is 0 Å². The Balaban J connectivity index is 1.30. The number of rotatable bonds is 5. The van der Waals surface area contributed by atoms with Crippen molar-refractivity contribution < 1.29 is 4.42 Å². The van der Waals surface area contributed by atoms with Crippen LogP contribution in [0.5, 0.6) is 0 Å². The molecule has 0 aliphatic carbocycles.